The van der Waals surface area contributed by atoms with Crippen LogP contribution in [0.5, 0.6) is 0 Å². The number of aliphatic carboxylic acids is 1. The van der Waals surface area contributed by atoms with Crippen molar-refractivity contribution < 1.29 is 28.6 Å². The average molecular weight is 641 g/mol. The van der Waals surface area contributed by atoms with E-state index in [0.29, 0.717) is 35.0 Å². The quantitative estimate of drug-likeness (QED) is 0.340. The zero-order valence-corrected chi connectivity index (χ0v) is 28.6. The number of carboxylic acid groups (broad SMARTS) is 1. The second kappa shape index (κ2) is 9.78. The number of hydrogen-bond donors (Lipinski definition) is 2. The first-order valence-electron chi connectivity index (χ1n) is 18.4. The van der Waals surface area contributed by atoms with Gasteiger partial charge in [-0.2, -0.15) is 0 Å². The molecule has 2 heterocycles. The molecule has 4 bridgehead atoms. The molecule has 10 rings (SSSR count). The second-order valence-corrected chi connectivity index (χ2v) is 17.9. The normalized spacial score (nSPS) is 49.4. The minimum atomic E-state index is -1.52. The molecule has 0 amide bonds. The molecule has 2 aromatic heterocycles. The van der Waals surface area contributed by atoms with E-state index < -0.39 is 11.6 Å². The molecule has 2 aromatic rings. The molecule has 8 aliphatic rings. The number of methoxy groups -OCH3 is 1. The zero-order valence-electron chi connectivity index (χ0n) is 28.6. The van der Waals surface area contributed by atoms with Gasteiger partial charge in [0, 0.05) is 18.2 Å². The summed E-state index contributed by atoms with van der Waals surface area (Å²) in [7, 11) is 1.93. The van der Waals surface area contributed by atoms with Crippen molar-refractivity contribution in [2.75, 3.05) is 7.11 Å². The van der Waals surface area contributed by atoms with Gasteiger partial charge in [0.25, 0.3) is 0 Å². The second-order valence-electron chi connectivity index (χ2n) is 17.9. The van der Waals surface area contributed by atoms with Crippen molar-refractivity contribution in [1.82, 2.24) is 0 Å². The Morgan fingerprint density at radius 2 is 1.28 bits per heavy atom. The molecule has 8 aliphatic carbocycles. The highest BCUT2D eigenvalue weighted by molar-refractivity contribution is 5.78. The maximum atomic E-state index is 11.8. The van der Waals surface area contributed by atoms with Crippen LogP contribution in [0.2, 0.25) is 0 Å². The Balaban J connectivity index is 0.000000129. The minimum absolute atomic E-state index is 0.0209. The Labute approximate surface area is 279 Å². The monoisotopic (exact) mass is 640 g/mol. The van der Waals surface area contributed by atoms with Crippen LogP contribution in [-0.4, -0.2) is 34.5 Å². The van der Waals surface area contributed by atoms with Crippen LogP contribution in [0.3, 0.4) is 0 Å². The van der Waals surface area contributed by atoms with E-state index in [1.165, 1.54) is 49.7 Å². The average Bonchev–Trinajstić information content (AvgIpc) is 3.81. The SMILES string of the molecule is CO[C@]1(C)C[C@@]23CC[C@@H]4c5ccoc5C=C[C@@]4(C)[C@@H]2CC[C@@H]1C3.C[C@@]12C=Cc3occc3[C@H]1CC[C@@]13C[C@@H](CC[C@H]12)[C@@](O)(C(=O)O)C3. The number of aliphatic hydroxyl groups is 1. The van der Waals surface area contributed by atoms with Crippen LogP contribution in [0.1, 0.15) is 132 Å². The number of hydrogen-bond acceptors (Lipinski definition) is 5. The molecule has 2 N–H and O–H groups in total. The van der Waals surface area contributed by atoms with Crippen LogP contribution >= 0.6 is 0 Å². The number of furan rings is 2. The largest absolute Gasteiger partial charge is 0.479 e. The van der Waals surface area contributed by atoms with E-state index in [-0.39, 0.29) is 22.3 Å². The smallest absolute Gasteiger partial charge is 0.335 e. The van der Waals surface area contributed by atoms with Gasteiger partial charge in [0.1, 0.15) is 11.5 Å². The molecule has 0 saturated heterocycles. The van der Waals surface area contributed by atoms with Crippen molar-refractivity contribution in [2.24, 2.45) is 45.3 Å². The topological polar surface area (TPSA) is 93.0 Å². The van der Waals surface area contributed by atoms with Crippen molar-refractivity contribution in [2.45, 2.75) is 121 Å². The first kappa shape index (κ1) is 30.5. The van der Waals surface area contributed by atoms with Crippen LogP contribution in [0.15, 0.2) is 45.6 Å². The van der Waals surface area contributed by atoms with Crippen LogP contribution in [0.25, 0.3) is 12.2 Å². The number of carboxylic acids is 1. The van der Waals surface area contributed by atoms with E-state index >= 15 is 0 Å². The number of allylic oxidation sites excluding steroid dienone is 2. The van der Waals surface area contributed by atoms with E-state index in [4.69, 9.17) is 13.6 Å². The van der Waals surface area contributed by atoms with Gasteiger partial charge in [0.15, 0.2) is 5.60 Å². The molecule has 2 spiro atoms. The van der Waals surface area contributed by atoms with Crippen molar-refractivity contribution in [3.05, 3.63) is 59.5 Å². The first-order valence-corrected chi connectivity index (χ1v) is 18.4. The summed E-state index contributed by atoms with van der Waals surface area (Å²) in [6.45, 7) is 7.24. The van der Waals surface area contributed by atoms with Crippen molar-refractivity contribution in [3.8, 4) is 0 Å². The molecule has 6 saturated carbocycles. The number of carbonyl (C=O) groups is 1. The minimum Gasteiger partial charge on any atom is -0.479 e. The summed E-state index contributed by atoms with van der Waals surface area (Å²) in [5.74, 6) is 4.07. The van der Waals surface area contributed by atoms with Gasteiger partial charge >= 0.3 is 5.97 Å². The Kier molecular flexibility index (Phi) is 6.34. The summed E-state index contributed by atoms with van der Waals surface area (Å²) in [4.78, 5) is 11.8. The van der Waals surface area contributed by atoms with Gasteiger partial charge in [-0.3, -0.25) is 0 Å². The van der Waals surface area contributed by atoms with Gasteiger partial charge in [-0.25, -0.2) is 4.79 Å². The zero-order chi connectivity index (χ0) is 32.6. The Hall–Kier alpha value is -2.57. The third-order valence-corrected chi connectivity index (χ3v) is 16.3. The summed E-state index contributed by atoms with van der Waals surface area (Å²) in [6, 6.07) is 4.33. The van der Waals surface area contributed by atoms with Gasteiger partial charge in [-0.05, 0) is 165 Å². The van der Waals surface area contributed by atoms with Gasteiger partial charge in [0.2, 0.25) is 0 Å². The fraction of sp³-hybridized carbons (Fsp3) is 0.683. The molecule has 0 aliphatic heterocycles. The highest BCUT2D eigenvalue weighted by Gasteiger charge is 2.68. The summed E-state index contributed by atoms with van der Waals surface area (Å²) < 4.78 is 17.3. The highest BCUT2D eigenvalue weighted by atomic mass is 16.5. The molecular formula is C41H52O6. The van der Waals surface area contributed by atoms with Crippen molar-refractivity contribution in [1.29, 1.82) is 0 Å². The molecule has 12 atom stereocenters. The van der Waals surface area contributed by atoms with Gasteiger partial charge in [-0.15, -0.1) is 0 Å². The number of ether oxygens (including phenoxy) is 1. The molecule has 47 heavy (non-hydrogen) atoms. The lowest BCUT2D eigenvalue weighted by Gasteiger charge is -2.58. The molecule has 0 unspecified atom stereocenters. The van der Waals surface area contributed by atoms with E-state index in [0.717, 1.165) is 55.5 Å². The number of rotatable bonds is 2. The van der Waals surface area contributed by atoms with Gasteiger partial charge in [0.05, 0.1) is 18.1 Å². The predicted molar refractivity (Wildman–Crippen MR) is 179 cm³/mol. The summed E-state index contributed by atoms with van der Waals surface area (Å²) in [5.41, 5.74) is 2.16. The van der Waals surface area contributed by atoms with Gasteiger partial charge in [-0.1, -0.05) is 26.0 Å². The lowest BCUT2D eigenvalue weighted by atomic mass is 9.46. The molecule has 6 nitrogen and oxygen atoms in total. The third-order valence-electron chi connectivity index (χ3n) is 16.3. The van der Waals surface area contributed by atoms with E-state index in [1.54, 1.807) is 6.26 Å². The fourth-order valence-corrected chi connectivity index (χ4v) is 14.3. The number of fused-ring (bicyclic) bond motifs is 10. The summed E-state index contributed by atoms with van der Waals surface area (Å²) >= 11 is 0. The summed E-state index contributed by atoms with van der Waals surface area (Å²) in [6.07, 6.45) is 26.1. The molecule has 0 radical (unpaired) electrons. The lowest BCUT2D eigenvalue weighted by molar-refractivity contribution is -0.163. The van der Waals surface area contributed by atoms with E-state index in [9.17, 15) is 15.0 Å². The van der Waals surface area contributed by atoms with E-state index in [2.05, 4.69) is 57.2 Å². The standard InChI is InChI=1S/C21H28O2.C20H24O4/c1-19-9-7-17-15(8-11-23-17)16(19)6-10-21-12-14(4-5-18(19)21)20(2,13-21)22-3;1-18-7-5-15-13(6-9-24-15)14(18)4-8-19-10-12(2-3-16(18)19)20(23,11-19)17(21)22/h7-9,11,14,16,18H,4-6,10,12-13H2,1-3H3;5-7,9,12,14,16,23H,2-4,8,10-11H2,1H3,(H,21,22)/t14-,16-,18+,19-,20-,21+;12-,14-,16+,18-,19+,20-/m11/s1. The van der Waals surface area contributed by atoms with Crippen molar-refractivity contribution >= 4 is 18.1 Å². The van der Waals surface area contributed by atoms with Crippen LogP contribution in [0.4, 0.5) is 0 Å². The fourth-order valence-electron chi connectivity index (χ4n) is 14.3. The Morgan fingerprint density at radius 3 is 1.81 bits per heavy atom. The van der Waals surface area contributed by atoms with Crippen LogP contribution < -0.4 is 0 Å². The van der Waals surface area contributed by atoms with E-state index in [1.807, 2.05) is 13.4 Å². The molecule has 0 aromatic carbocycles. The molecule has 6 fully saturated rings. The van der Waals surface area contributed by atoms with Gasteiger partial charge < -0.3 is 23.8 Å². The van der Waals surface area contributed by atoms with Crippen LogP contribution in [0, 0.1) is 45.3 Å². The van der Waals surface area contributed by atoms with Crippen molar-refractivity contribution in [3.63, 3.8) is 0 Å². The maximum Gasteiger partial charge on any atom is 0.335 e. The highest BCUT2D eigenvalue weighted by Crippen LogP contribution is 2.73. The first-order chi connectivity index (χ1) is 22.4. The Bertz CT molecular complexity index is 1660. The predicted octanol–water partition coefficient (Wildman–Crippen LogP) is 9.21. The third kappa shape index (κ3) is 3.89. The lowest BCUT2D eigenvalue weighted by Crippen LogP contribution is -2.49. The summed E-state index contributed by atoms with van der Waals surface area (Å²) in [5, 5.41) is 20.5. The molecule has 6 heteroatoms. The Morgan fingerprint density at radius 1 is 0.766 bits per heavy atom. The van der Waals surface area contributed by atoms with Crippen LogP contribution in [-0.2, 0) is 9.53 Å². The maximum absolute atomic E-state index is 11.8. The molecule has 252 valence electrons. The molecular weight excluding hydrogens is 588 g/mol.